The molecule has 1 aliphatic heterocycles. The van der Waals surface area contributed by atoms with Crippen LogP contribution in [0.1, 0.15) is 6.92 Å². The van der Waals surface area contributed by atoms with Gasteiger partial charge in [-0.2, -0.15) is 0 Å². The molecule has 1 heterocycles. The van der Waals surface area contributed by atoms with Gasteiger partial charge in [-0.15, -0.1) is 0 Å². The van der Waals surface area contributed by atoms with Crippen molar-refractivity contribution in [1.29, 1.82) is 0 Å². The van der Waals surface area contributed by atoms with Crippen molar-refractivity contribution in [2.75, 3.05) is 0 Å². The lowest BCUT2D eigenvalue weighted by Crippen LogP contribution is -2.58. The Balaban J connectivity index is 2.59. The molecule has 0 aliphatic carbocycles. The molecule has 50 valence electrons. The topological polar surface area (TPSA) is 66.4 Å². The summed E-state index contributed by atoms with van der Waals surface area (Å²) in [7, 11) is 0. The molecular formula is C5H7NO3. The second-order valence-corrected chi connectivity index (χ2v) is 2.07. The summed E-state index contributed by atoms with van der Waals surface area (Å²) in [4.78, 5) is 20.8. The van der Waals surface area contributed by atoms with Crippen LogP contribution in [0.5, 0.6) is 0 Å². The number of nitrogens with one attached hydrogen (secondary N) is 1. The quantitative estimate of drug-likeness (QED) is 0.339. The number of amides is 2. The van der Waals surface area contributed by atoms with Crippen LogP contribution in [0.4, 0.5) is 0 Å². The molecule has 0 aromatic carbocycles. The number of hydrogen-bond donors (Lipinski definition) is 2. The summed E-state index contributed by atoms with van der Waals surface area (Å²) in [6.07, 6.45) is -0.855. The van der Waals surface area contributed by atoms with Crippen LogP contribution in [-0.2, 0) is 9.59 Å². The zero-order valence-electron chi connectivity index (χ0n) is 4.92. The fourth-order valence-corrected chi connectivity index (χ4v) is 0.756. The van der Waals surface area contributed by atoms with E-state index in [4.69, 9.17) is 5.11 Å². The van der Waals surface area contributed by atoms with Gasteiger partial charge in [-0.25, -0.2) is 0 Å². The summed E-state index contributed by atoms with van der Waals surface area (Å²) in [5.74, 6) is -1.57. The molecule has 9 heavy (non-hydrogen) atoms. The first-order chi connectivity index (χ1) is 4.13. The van der Waals surface area contributed by atoms with Crippen LogP contribution in [0.25, 0.3) is 0 Å². The fourth-order valence-electron chi connectivity index (χ4n) is 0.756. The largest absolute Gasteiger partial charge is 0.392 e. The van der Waals surface area contributed by atoms with Crippen molar-refractivity contribution in [3.8, 4) is 0 Å². The summed E-state index contributed by atoms with van der Waals surface area (Å²) in [5, 5.41) is 10.7. The maximum absolute atomic E-state index is 10.4. The molecule has 0 unspecified atom stereocenters. The van der Waals surface area contributed by atoms with Crippen molar-refractivity contribution < 1.29 is 14.7 Å². The van der Waals surface area contributed by atoms with Gasteiger partial charge in [0.2, 0.25) is 11.8 Å². The summed E-state index contributed by atoms with van der Waals surface area (Å²) in [6.45, 7) is 1.42. The van der Waals surface area contributed by atoms with Gasteiger partial charge < -0.3 is 5.11 Å². The van der Waals surface area contributed by atoms with Crippen LogP contribution in [0, 0.1) is 5.92 Å². The van der Waals surface area contributed by atoms with Crippen LogP contribution in [0.3, 0.4) is 0 Å². The number of β-lactam (4-membered cyclic amide) rings is 2. The van der Waals surface area contributed by atoms with Crippen molar-refractivity contribution in [1.82, 2.24) is 5.32 Å². The lowest BCUT2D eigenvalue weighted by Gasteiger charge is -2.25. The molecule has 1 atom stereocenters. The van der Waals surface area contributed by atoms with Gasteiger partial charge in [0.15, 0.2) is 0 Å². The molecule has 0 radical (unpaired) electrons. The highest BCUT2D eigenvalue weighted by molar-refractivity contribution is 6.18. The van der Waals surface area contributed by atoms with E-state index in [1.165, 1.54) is 6.92 Å². The number of hydrogen-bond acceptors (Lipinski definition) is 3. The molecule has 4 nitrogen and oxygen atoms in total. The molecule has 1 rings (SSSR count). The molecule has 0 saturated carbocycles. The molecular weight excluding hydrogens is 122 g/mol. The number of aliphatic hydroxyl groups is 1. The fraction of sp³-hybridized carbons (Fsp3) is 0.600. The van der Waals surface area contributed by atoms with Crippen molar-refractivity contribution >= 4 is 11.8 Å². The predicted molar refractivity (Wildman–Crippen MR) is 28.3 cm³/mol. The first-order valence-electron chi connectivity index (χ1n) is 2.65. The van der Waals surface area contributed by atoms with Crippen LogP contribution < -0.4 is 5.32 Å². The molecule has 4 heteroatoms. The van der Waals surface area contributed by atoms with Crippen molar-refractivity contribution in [2.45, 2.75) is 13.0 Å². The Morgan fingerprint density at radius 3 is 2.11 bits per heavy atom. The van der Waals surface area contributed by atoms with Crippen molar-refractivity contribution in [2.24, 2.45) is 5.92 Å². The molecule has 1 saturated heterocycles. The third-order valence-electron chi connectivity index (χ3n) is 1.29. The second-order valence-electron chi connectivity index (χ2n) is 2.07. The molecule has 0 bridgehead atoms. The summed E-state index contributed by atoms with van der Waals surface area (Å²) < 4.78 is 0. The lowest BCUT2D eigenvalue weighted by atomic mass is 9.95. The van der Waals surface area contributed by atoms with Gasteiger partial charge in [-0.3, -0.25) is 14.9 Å². The SMILES string of the molecule is C[C@@H](O)C1C(=O)NC1=O. The second kappa shape index (κ2) is 1.80. The normalized spacial score (nSPS) is 22.9. The van der Waals surface area contributed by atoms with Crippen molar-refractivity contribution in [3.63, 3.8) is 0 Å². The number of carbonyl (C=O) groups excluding carboxylic acids is 2. The van der Waals surface area contributed by atoms with E-state index in [0.29, 0.717) is 0 Å². The Hall–Kier alpha value is -0.900. The molecule has 1 aliphatic rings. The van der Waals surface area contributed by atoms with Gasteiger partial charge >= 0.3 is 0 Å². The molecule has 0 aromatic heterocycles. The minimum absolute atomic E-state index is 0.380. The summed E-state index contributed by atoms with van der Waals surface area (Å²) >= 11 is 0. The maximum atomic E-state index is 10.4. The van der Waals surface area contributed by atoms with Gasteiger partial charge in [-0.05, 0) is 6.92 Å². The summed E-state index contributed by atoms with van der Waals surface area (Å²) in [6, 6.07) is 0. The van der Waals surface area contributed by atoms with Crippen LogP contribution in [0.15, 0.2) is 0 Å². The van der Waals surface area contributed by atoms with Crippen molar-refractivity contribution in [3.05, 3.63) is 0 Å². The number of carbonyl (C=O) groups is 2. The maximum Gasteiger partial charge on any atom is 0.241 e. The third kappa shape index (κ3) is 0.810. The summed E-state index contributed by atoms with van der Waals surface area (Å²) in [5.41, 5.74) is 0. The Labute approximate surface area is 51.9 Å². The highest BCUT2D eigenvalue weighted by atomic mass is 16.3. The first kappa shape index (κ1) is 6.22. The minimum Gasteiger partial charge on any atom is -0.392 e. The number of aliphatic hydroxyl groups excluding tert-OH is 1. The van der Waals surface area contributed by atoms with Gasteiger partial charge in [0.25, 0.3) is 0 Å². The van der Waals surface area contributed by atoms with Crippen LogP contribution in [0.2, 0.25) is 0 Å². The Morgan fingerprint density at radius 1 is 1.56 bits per heavy atom. The van der Waals surface area contributed by atoms with E-state index in [9.17, 15) is 9.59 Å². The number of rotatable bonds is 1. The van der Waals surface area contributed by atoms with E-state index >= 15 is 0 Å². The molecule has 2 amide bonds. The molecule has 1 fully saturated rings. The Kier molecular flexibility index (Phi) is 1.25. The monoisotopic (exact) mass is 129 g/mol. The smallest absolute Gasteiger partial charge is 0.241 e. The van der Waals surface area contributed by atoms with Crippen LogP contribution >= 0.6 is 0 Å². The Morgan fingerprint density at radius 2 is 2.00 bits per heavy atom. The van der Waals surface area contributed by atoms with E-state index < -0.39 is 12.0 Å². The van der Waals surface area contributed by atoms with Gasteiger partial charge in [-0.1, -0.05) is 0 Å². The van der Waals surface area contributed by atoms with E-state index in [1.54, 1.807) is 0 Å². The first-order valence-corrected chi connectivity index (χ1v) is 2.65. The average Bonchev–Trinajstić information content (AvgIpc) is 1.62. The molecule has 2 N–H and O–H groups in total. The lowest BCUT2D eigenvalue weighted by molar-refractivity contribution is -0.152. The van der Waals surface area contributed by atoms with Gasteiger partial charge in [0.05, 0.1) is 6.10 Å². The average molecular weight is 129 g/mol. The van der Waals surface area contributed by atoms with E-state index in [-0.39, 0.29) is 11.8 Å². The van der Waals surface area contributed by atoms with E-state index in [0.717, 1.165) is 0 Å². The van der Waals surface area contributed by atoms with Crippen LogP contribution in [-0.4, -0.2) is 23.0 Å². The van der Waals surface area contributed by atoms with Gasteiger partial charge in [0.1, 0.15) is 5.92 Å². The highest BCUT2D eigenvalue weighted by Crippen LogP contribution is 2.11. The Bertz CT molecular complexity index is 150. The zero-order valence-corrected chi connectivity index (χ0v) is 4.92. The van der Waals surface area contributed by atoms with E-state index in [2.05, 4.69) is 0 Å². The molecule has 0 aromatic rings. The highest BCUT2D eigenvalue weighted by Gasteiger charge is 2.41. The number of imide groups is 1. The van der Waals surface area contributed by atoms with E-state index in [1.807, 2.05) is 5.32 Å². The minimum atomic E-state index is -0.855. The third-order valence-corrected chi connectivity index (χ3v) is 1.29. The zero-order chi connectivity index (χ0) is 7.02. The van der Waals surface area contributed by atoms with Gasteiger partial charge in [0, 0.05) is 0 Å². The standard InChI is InChI=1S/C5H7NO3/c1-2(7)3-4(8)6-5(3)9/h2-3,7H,1H3,(H,6,8,9)/t2-/m1/s1. The molecule has 0 spiro atoms. The predicted octanol–water partition coefficient (Wildman–Crippen LogP) is -1.36.